The minimum atomic E-state index is -0.579. The maximum atomic E-state index is 12.2. The predicted octanol–water partition coefficient (Wildman–Crippen LogP) is 3.72. The molecule has 2 amide bonds. The molecule has 0 aliphatic carbocycles. The molecular formula is C21H32N2O6S. The molecule has 0 aliphatic heterocycles. The van der Waals surface area contributed by atoms with Crippen molar-refractivity contribution in [3.8, 4) is 11.5 Å². The molecule has 30 heavy (non-hydrogen) atoms. The smallest absolute Gasteiger partial charge is 0.407 e. The highest BCUT2D eigenvalue weighted by atomic mass is 32.1. The van der Waals surface area contributed by atoms with E-state index in [4.69, 9.17) is 14.2 Å². The number of methoxy groups -OCH3 is 2. The fourth-order valence-corrected chi connectivity index (χ4v) is 2.88. The number of hydrogen-bond acceptors (Lipinski definition) is 6. The third-order valence-corrected chi connectivity index (χ3v) is 4.18. The molecule has 1 rings (SSSR count). The first-order valence-corrected chi connectivity index (χ1v) is 10.2. The normalized spacial score (nSPS) is 12.0. The van der Waals surface area contributed by atoms with Crippen molar-refractivity contribution in [3.63, 3.8) is 0 Å². The SMILES string of the molecule is COc1cc(NC(=O)CCCC(=O)S)c(OC)cc1C[C@H](C)NC(=O)OC(C)(C)C. The van der Waals surface area contributed by atoms with Gasteiger partial charge in [0.2, 0.25) is 5.91 Å². The van der Waals surface area contributed by atoms with Gasteiger partial charge in [-0.2, -0.15) is 0 Å². The lowest BCUT2D eigenvalue weighted by atomic mass is 10.0. The number of ether oxygens (including phenoxy) is 3. The van der Waals surface area contributed by atoms with Crippen molar-refractivity contribution in [2.24, 2.45) is 0 Å². The van der Waals surface area contributed by atoms with Gasteiger partial charge in [-0.3, -0.25) is 9.59 Å². The van der Waals surface area contributed by atoms with Crippen molar-refractivity contribution in [3.05, 3.63) is 17.7 Å². The highest BCUT2D eigenvalue weighted by Gasteiger charge is 2.20. The number of anilines is 1. The highest BCUT2D eigenvalue weighted by Crippen LogP contribution is 2.34. The summed E-state index contributed by atoms with van der Waals surface area (Å²) in [6.07, 6.45) is 0.815. The molecule has 1 aromatic carbocycles. The molecule has 0 saturated carbocycles. The van der Waals surface area contributed by atoms with Crippen molar-refractivity contribution in [1.29, 1.82) is 0 Å². The van der Waals surface area contributed by atoms with Gasteiger partial charge in [-0.15, -0.1) is 12.6 Å². The molecule has 0 saturated heterocycles. The molecule has 168 valence electrons. The molecule has 1 atom stereocenters. The van der Waals surface area contributed by atoms with Gasteiger partial charge in [0.05, 0.1) is 19.9 Å². The summed E-state index contributed by atoms with van der Waals surface area (Å²) < 4.78 is 16.1. The van der Waals surface area contributed by atoms with E-state index < -0.39 is 11.7 Å². The van der Waals surface area contributed by atoms with Crippen LogP contribution in [0.3, 0.4) is 0 Å². The summed E-state index contributed by atoms with van der Waals surface area (Å²) in [6, 6.07) is 3.22. The summed E-state index contributed by atoms with van der Waals surface area (Å²) in [4.78, 5) is 35.0. The number of thiol groups is 1. The monoisotopic (exact) mass is 440 g/mol. The van der Waals surface area contributed by atoms with E-state index in [0.29, 0.717) is 30.0 Å². The summed E-state index contributed by atoms with van der Waals surface area (Å²) in [5.74, 6) is 0.779. The van der Waals surface area contributed by atoms with Crippen LogP contribution in [0.4, 0.5) is 10.5 Å². The second kappa shape index (κ2) is 11.7. The molecule has 0 fully saturated rings. The van der Waals surface area contributed by atoms with Crippen LogP contribution in [-0.4, -0.2) is 43.0 Å². The van der Waals surface area contributed by atoms with E-state index in [-0.39, 0.29) is 29.9 Å². The largest absolute Gasteiger partial charge is 0.496 e. The molecular weight excluding hydrogens is 408 g/mol. The fourth-order valence-electron chi connectivity index (χ4n) is 2.72. The van der Waals surface area contributed by atoms with E-state index in [1.165, 1.54) is 14.2 Å². The summed E-state index contributed by atoms with van der Waals surface area (Å²) in [5, 5.41) is 5.32. The summed E-state index contributed by atoms with van der Waals surface area (Å²) >= 11 is 3.70. The van der Waals surface area contributed by atoms with Gasteiger partial charge < -0.3 is 24.8 Å². The molecule has 8 nitrogen and oxygen atoms in total. The van der Waals surface area contributed by atoms with Gasteiger partial charge in [0.25, 0.3) is 0 Å². The zero-order valence-corrected chi connectivity index (χ0v) is 19.4. The van der Waals surface area contributed by atoms with Crippen LogP contribution in [-0.2, 0) is 20.7 Å². The number of amides is 2. The van der Waals surface area contributed by atoms with E-state index in [9.17, 15) is 14.4 Å². The first kappa shape index (κ1) is 25.6. The Labute approximate surface area is 183 Å². The Morgan fingerprint density at radius 2 is 1.70 bits per heavy atom. The van der Waals surface area contributed by atoms with Gasteiger partial charge in [-0.1, -0.05) is 0 Å². The molecule has 0 spiro atoms. The Morgan fingerprint density at radius 1 is 1.07 bits per heavy atom. The Bertz CT molecular complexity index is 761. The Balaban J connectivity index is 2.88. The van der Waals surface area contributed by atoms with Crippen molar-refractivity contribution in [2.45, 2.75) is 65.0 Å². The van der Waals surface area contributed by atoms with Crippen molar-refractivity contribution in [2.75, 3.05) is 19.5 Å². The topological polar surface area (TPSA) is 103 Å². The standard InChI is InChI=1S/C21H32N2O6S/c1-13(22-20(26)29-21(2,3)4)10-14-11-17(28-6)15(12-16(14)27-5)23-18(24)8-7-9-19(25)30/h11-13H,7-10H2,1-6H3,(H,22,26)(H,23,24)(H,25,30)/t13-/m0/s1. The number of rotatable bonds is 10. The second-order valence-electron chi connectivity index (χ2n) is 7.91. The maximum absolute atomic E-state index is 12.2. The number of carbonyl (C=O) groups excluding carboxylic acids is 3. The van der Waals surface area contributed by atoms with Crippen LogP contribution in [0, 0.1) is 0 Å². The molecule has 0 aromatic heterocycles. The molecule has 0 radical (unpaired) electrons. The fraction of sp³-hybridized carbons (Fsp3) is 0.571. The number of hydrogen-bond donors (Lipinski definition) is 3. The lowest BCUT2D eigenvalue weighted by Gasteiger charge is -2.22. The van der Waals surface area contributed by atoms with Gasteiger partial charge in [0, 0.05) is 24.9 Å². The molecule has 0 bridgehead atoms. The van der Waals surface area contributed by atoms with Gasteiger partial charge in [0.15, 0.2) is 5.12 Å². The number of carbonyl (C=O) groups is 3. The van der Waals surface area contributed by atoms with E-state index in [1.807, 2.05) is 6.92 Å². The van der Waals surface area contributed by atoms with E-state index in [2.05, 4.69) is 23.3 Å². The van der Waals surface area contributed by atoms with Crippen molar-refractivity contribution in [1.82, 2.24) is 5.32 Å². The minimum absolute atomic E-state index is 0.191. The van der Waals surface area contributed by atoms with Crippen LogP contribution in [0.15, 0.2) is 12.1 Å². The lowest BCUT2D eigenvalue weighted by Crippen LogP contribution is -2.38. The molecule has 2 N–H and O–H groups in total. The zero-order valence-electron chi connectivity index (χ0n) is 18.5. The molecule has 0 aliphatic rings. The predicted molar refractivity (Wildman–Crippen MR) is 119 cm³/mol. The molecule has 0 unspecified atom stereocenters. The second-order valence-corrected chi connectivity index (χ2v) is 8.41. The molecule has 1 aromatic rings. The summed E-state index contributed by atoms with van der Waals surface area (Å²) in [5.41, 5.74) is 0.690. The average Bonchev–Trinajstić information content (AvgIpc) is 2.60. The first-order chi connectivity index (χ1) is 13.9. The van der Waals surface area contributed by atoms with E-state index >= 15 is 0 Å². The van der Waals surface area contributed by atoms with Crippen LogP contribution in [0.25, 0.3) is 0 Å². The van der Waals surface area contributed by atoms with Gasteiger partial charge in [-0.05, 0) is 52.2 Å². The Morgan fingerprint density at radius 3 is 2.23 bits per heavy atom. The van der Waals surface area contributed by atoms with Crippen LogP contribution in [0.5, 0.6) is 11.5 Å². The summed E-state index contributed by atoms with van der Waals surface area (Å²) in [6.45, 7) is 7.26. The average molecular weight is 441 g/mol. The van der Waals surface area contributed by atoms with Crippen LogP contribution in [0.2, 0.25) is 0 Å². The number of alkyl carbamates (subject to hydrolysis) is 1. The van der Waals surface area contributed by atoms with Gasteiger partial charge >= 0.3 is 6.09 Å². The van der Waals surface area contributed by atoms with Crippen molar-refractivity contribution >= 4 is 35.4 Å². The van der Waals surface area contributed by atoms with Crippen LogP contribution in [0.1, 0.15) is 52.5 Å². The zero-order chi connectivity index (χ0) is 22.9. The molecule has 9 heteroatoms. The van der Waals surface area contributed by atoms with Crippen molar-refractivity contribution < 1.29 is 28.6 Å². The number of nitrogens with one attached hydrogen (secondary N) is 2. The highest BCUT2D eigenvalue weighted by molar-refractivity contribution is 7.96. The number of benzene rings is 1. The lowest BCUT2D eigenvalue weighted by molar-refractivity contribution is -0.116. The van der Waals surface area contributed by atoms with Gasteiger partial charge in [0.1, 0.15) is 17.1 Å². The van der Waals surface area contributed by atoms with Crippen LogP contribution < -0.4 is 20.1 Å². The third-order valence-electron chi connectivity index (χ3n) is 3.96. The van der Waals surface area contributed by atoms with E-state index in [0.717, 1.165) is 5.56 Å². The maximum Gasteiger partial charge on any atom is 0.407 e. The molecule has 0 heterocycles. The quantitative estimate of drug-likeness (QED) is 0.479. The van der Waals surface area contributed by atoms with Crippen LogP contribution >= 0.6 is 12.6 Å². The third kappa shape index (κ3) is 9.39. The minimum Gasteiger partial charge on any atom is -0.496 e. The van der Waals surface area contributed by atoms with Gasteiger partial charge in [-0.25, -0.2) is 4.79 Å². The Kier molecular flexibility index (Phi) is 9.98. The van der Waals surface area contributed by atoms with E-state index in [1.54, 1.807) is 32.9 Å². The first-order valence-electron chi connectivity index (χ1n) is 9.71. The Hall–Kier alpha value is -2.42. The summed E-state index contributed by atoms with van der Waals surface area (Å²) in [7, 11) is 3.03.